The molecule has 2 aromatic carbocycles. The number of carbonyl (C=O) groups is 1. The summed E-state index contributed by atoms with van der Waals surface area (Å²) >= 11 is 5.92. The van der Waals surface area contributed by atoms with Gasteiger partial charge in [0.05, 0.1) is 19.9 Å². The van der Waals surface area contributed by atoms with Crippen LogP contribution in [0.1, 0.15) is 12.5 Å². The molecule has 1 unspecified atom stereocenters. The highest BCUT2D eigenvalue weighted by molar-refractivity contribution is 6.30. The molecule has 0 radical (unpaired) electrons. The standard InChI is InChI=1S/C18H20ClNO4/c1-11-9-13(19)5-8-16(11)24-12(2)18(21)20-15-7-6-14(22-3)10-17(15)23-4/h5-10,12H,1-4H3,(H,20,21). The number of ether oxygens (including phenoxy) is 3. The van der Waals surface area contributed by atoms with Gasteiger partial charge < -0.3 is 19.5 Å². The van der Waals surface area contributed by atoms with Crippen LogP contribution in [0, 0.1) is 6.92 Å². The van der Waals surface area contributed by atoms with Crippen molar-refractivity contribution in [1.29, 1.82) is 0 Å². The molecule has 0 heterocycles. The van der Waals surface area contributed by atoms with Gasteiger partial charge in [0.15, 0.2) is 6.10 Å². The predicted molar refractivity (Wildman–Crippen MR) is 94.5 cm³/mol. The third-order valence-corrected chi connectivity index (χ3v) is 3.71. The summed E-state index contributed by atoms with van der Waals surface area (Å²) in [6.07, 6.45) is -0.684. The Kier molecular flexibility index (Phi) is 5.93. The number of hydrogen-bond donors (Lipinski definition) is 1. The Hall–Kier alpha value is -2.40. The maximum Gasteiger partial charge on any atom is 0.265 e. The minimum absolute atomic E-state index is 0.284. The summed E-state index contributed by atoms with van der Waals surface area (Å²) < 4.78 is 16.1. The van der Waals surface area contributed by atoms with Crippen LogP contribution in [-0.4, -0.2) is 26.2 Å². The number of amides is 1. The first-order valence-electron chi connectivity index (χ1n) is 7.40. The van der Waals surface area contributed by atoms with E-state index in [9.17, 15) is 4.79 Å². The largest absolute Gasteiger partial charge is 0.497 e. The van der Waals surface area contributed by atoms with E-state index in [2.05, 4.69) is 5.32 Å². The summed E-state index contributed by atoms with van der Waals surface area (Å²) in [5.74, 6) is 1.49. The molecule has 128 valence electrons. The zero-order chi connectivity index (χ0) is 17.7. The van der Waals surface area contributed by atoms with Crippen LogP contribution >= 0.6 is 11.6 Å². The fraction of sp³-hybridized carbons (Fsp3) is 0.278. The number of carbonyl (C=O) groups excluding carboxylic acids is 1. The van der Waals surface area contributed by atoms with Gasteiger partial charge >= 0.3 is 0 Å². The van der Waals surface area contributed by atoms with Crippen LogP contribution in [0.15, 0.2) is 36.4 Å². The molecule has 0 spiro atoms. The average molecular weight is 350 g/mol. The van der Waals surface area contributed by atoms with Crippen molar-refractivity contribution in [3.05, 3.63) is 47.0 Å². The molecule has 0 aliphatic carbocycles. The fourth-order valence-electron chi connectivity index (χ4n) is 2.13. The second-order valence-corrected chi connectivity index (χ2v) is 5.66. The summed E-state index contributed by atoms with van der Waals surface area (Å²) in [5.41, 5.74) is 1.41. The second-order valence-electron chi connectivity index (χ2n) is 5.23. The molecular formula is C18H20ClNO4. The number of aryl methyl sites for hydroxylation is 1. The molecule has 1 N–H and O–H groups in total. The molecule has 6 heteroatoms. The van der Waals surface area contributed by atoms with Crippen molar-refractivity contribution in [1.82, 2.24) is 0 Å². The lowest BCUT2D eigenvalue weighted by atomic mass is 10.2. The average Bonchev–Trinajstić information content (AvgIpc) is 2.57. The van der Waals surface area contributed by atoms with Gasteiger partial charge in [0.2, 0.25) is 0 Å². The Morgan fingerprint density at radius 1 is 1.08 bits per heavy atom. The van der Waals surface area contributed by atoms with E-state index in [1.165, 1.54) is 7.11 Å². The summed E-state index contributed by atoms with van der Waals surface area (Å²) in [5, 5.41) is 3.42. The smallest absolute Gasteiger partial charge is 0.265 e. The molecular weight excluding hydrogens is 330 g/mol. The van der Waals surface area contributed by atoms with Crippen LogP contribution in [0.2, 0.25) is 5.02 Å². The van der Waals surface area contributed by atoms with Crippen LogP contribution in [0.25, 0.3) is 0 Å². The van der Waals surface area contributed by atoms with E-state index in [-0.39, 0.29) is 5.91 Å². The first-order chi connectivity index (χ1) is 11.4. The minimum Gasteiger partial charge on any atom is -0.497 e. The molecule has 1 atom stereocenters. The van der Waals surface area contributed by atoms with Gasteiger partial charge in [0, 0.05) is 11.1 Å². The minimum atomic E-state index is -0.684. The van der Waals surface area contributed by atoms with Crippen LogP contribution in [-0.2, 0) is 4.79 Å². The van der Waals surface area contributed by atoms with Crippen molar-refractivity contribution in [3.63, 3.8) is 0 Å². The molecule has 1 amide bonds. The second kappa shape index (κ2) is 7.93. The van der Waals surface area contributed by atoms with Gasteiger partial charge in [-0.1, -0.05) is 11.6 Å². The van der Waals surface area contributed by atoms with Gasteiger partial charge in [0.1, 0.15) is 17.2 Å². The highest BCUT2D eigenvalue weighted by Crippen LogP contribution is 2.29. The maximum absolute atomic E-state index is 12.4. The van der Waals surface area contributed by atoms with E-state index in [1.807, 2.05) is 6.92 Å². The number of nitrogens with one attached hydrogen (secondary N) is 1. The van der Waals surface area contributed by atoms with Gasteiger partial charge in [-0.05, 0) is 49.7 Å². The van der Waals surface area contributed by atoms with Gasteiger partial charge in [-0.15, -0.1) is 0 Å². The molecule has 24 heavy (non-hydrogen) atoms. The Morgan fingerprint density at radius 2 is 1.83 bits per heavy atom. The Labute approximate surface area is 146 Å². The molecule has 2 aromatic rings. The molecule has 0 aliphatic rings. The maximum atomic E-state index is 12.4. The Bertz CT molecular complexity index is 733. The van der Waals surface area contributed by atoms with Crippen LogP contribution in [0.3, 0.4) is 0 Å². The third kappa shape index (κ3) is 4.32. The number of hydrogen-bond acceptors (Lipinski definition) is 4. The normalized spacial score (nSPS) is 11.5. The third-order valence-electron chi connectivity index (χ3n) is 3.48. The van der Waals surface area contributed by atoms with Gasteiger partial charge in [-0.25, -0.2) is 0 Å². The van der Waals surface area contributed by atoms with Crippen LogP contribution < -0.4 is 19.5 Å². The Morgan fingerprint density at radius 3 is 2.46 bits per heavy atom. The highest BCUT2D eigenvalue weighted by Gasteiger charge is 2.18. The summed E-state index contributed by atoms with van der Waals surface area (Å²) in [6, 6.07) is 10.4. The van der Waals surface area contributed by atoms with E-state index in [0.29, 0.717) is 28.0 Å². The summed E-state index contributed by atoms with van der Waals surface area (Å²) in [7, 11) is 3.10. The van der Waals surface area contributed by atoms with Crippen LogP contribution in [0.5, 0.6) is 17.2 Å². The number of anilines is 1. The van der Waals surface area contributed by atoms with Crippen molar-refractivity contribution in [2.24, 2.45) is 0 Å². The van der Waals surface area contributed by atoms with Gasteiger partial charge in [-0.2, -0.15) is 0 Å². The van der Waals surface area contributed by atoms with E-state index in [1.54, 1.807) is 50.4 Å². The van der Waals surface area contributed by atoms with Gasteiger partial charge in [0.25, 0.3) is 5.91 Å². The highest BCUT2D eigenvalue weighted by atomic mass is 35.5. The zero-order valence-electron chi connectivity index (χ0n) is 14.1. The molecule has 0 fully saturated rings. The lowest BCUT2D eigenvalue weighted by Gasteiger charge is -2.17. The molecule has 0 aromatic heterocycles. The number of benzene rings is 2. The van der Waals surface area contributed by atoms with Crippen molar-refractivity contribution in [2.45, 2.75) is 20.0 Å². The van der Waals surface area contributed by atoms with Gasteiger partial charge in [-0.3, -0.25) is 4.79 Å². The number of halogens is 1. The van der Waals surface area contributed by atoms with Crippen molar-refractivity contribution in [2.75, 3.05) is 19.5 Å². The van der Waals surface area contributed by atoms with Crippen molar-refractivity contribution in [3.8, 4) is 17.2 Å². The van der Waals surface area contributed by atoms with Crippen molar-refractivity contribution >= 4 is 23.2 Å². The Balaban J connectivity index is 2.08. The van der Waals surface area contributed by atoms with E-state index in [4.69, 9.17) is 25.8 Å². The first-order valence-corrected chi connectivity index (χ1v) is 7.78. The van der Waals surface area contributed by atoms with E-state index < -0.39 is 6.10 Å². The van der Waals surface area contributed by atoms with Crippen molar-refractivity contribution < 1.29 is 19.0 Å². The topological polar surface area (TPSA) is 56.8 Å². The predicted octanol–water partition coefficient (Wildman–Crippen LogP) is 4.07. The molecule has 2 rings (SSSR count). The lowest BCUT2D eigenvalue weighted by Crippen LogP contribution is -2.30. The quantitative estimate of drug-likeness (QED) is 0.854. The molecule has 0 aliphatic heterocycles. The molecule has 5 nitrogen and oxygen atoms in total. The summed E-state index contributed by atoms with van der Waals surface area (Å²) in [6.45, 7) is 3.55. The number of methoxy groups -OCH3 is 2. The zero-order valence-corrected chi connectivity index (χ0v) is 14.8. The fourth-order valence-corrected chi connectivity index (χ4v) is 2.35. The van der Waals surface area contributed by atoms with E-state index in [0.717, 1.165) is 5.56 Å². The monoisotopic (exact) mass is 349 g/mol. The molecule has 0 bridgehead atoms. The molecule has 0 saturated heterocycles. The number of rotatable bonds is 6. The summed E-state index contributed by atoms with van der Waals surface area (Å²) in [4.78, 5) is 12.4. The lowest BCUT2D eigenvalue weighted by molar-refractivity contribution is -0.122. The van der Waals surface area contributed by atoms with Crippen LogP contribution in [0.4, 0.5) is 5.69 Å². The molecule has 0 saturated carbocycles. The van der Waals surface area contributed by atoms with E-state index >= 15 is 0 Å². The SMILES string of the molecule is COc1ccc(NC(=O)C(C)Oc2ccc(Cl)cc2C)c(OC)c1. The first kappa shape index (κ1) is 17.9.